The van der Waals surface area contributed by atoms with Crippen LogP contribution in [0.15, 0.2) is 0 Å². The van der Waals surface area contributed by atoms with Gasteiger partial charge in [0.05, 0.1) is 52.4 Å². The third-order valence-corrected chi connectivity index (χ3v) is 1.37. The van der Waals surface area contributed by atoms with Crippen LogP contribution >= 0.6 is 0 Å². The maximum atomic E-state index is 8.20. The second kappa shape index (κ2) is 11.9. The van der Waals surface area contributed by atoms with Crippen molar-refractivity contribution in [3.63, 3.8) is 0 Å². The summed E-state index contributed by atoms with van der Waals surface area (Å²) in [5.74, 6) is 0. The third-order valence-electron chi connectivity index (χ3n) is 1.37. The molecule has 0 amide bonds. The van der Waals surface area contributed by atoms with Gasteiger partial charge in [-0.1, -0.05) is 0 Å². The normalized spacial score (nSPS) is 20.6. The largest absolute Gasteiger partial charge is 0.394 e. The van der Waals surface area contributed by atoms with Gasteiger partial charge in [-0.05, 0) is 6.92 Å². The lowest BCUT2D eigenvalue weighted by molar-refractivity contribution is 0.0500. The van der Waals surface area contributed by atoms with Gasteiger partial charge in [-0.15, -0.1) is 0 Å². The Hall–Kier alpha value is -0.200. The zero-order chi connectivity index (χ0) is 11.4. The van der Waals surface area contributed by atoms with Crippen LogP contribution in [-0.4, -0.2) is 64.6 Å². The lowest BCUT2D eigenvalue weighted by Gasteiger charge is -1.98. The Morgan fingerprint density at radius 3 is 2.07 bits per heavy atom. The SMILES string of the molecule is C1CO1.CC1CO1.COCCOCCO. The minimum absolute atomic E-state index is 0.0870. The number of hydrogen-bond acceptors (Lipinski definition) is 5. The van der Waals surface area contributed by atoms with Crippen molar-refractivity contribution in [1.82, 2.24) is 0 Å². The van der Waals surface area contributed by atoms with Crippen molar-refractivity contribution in [2.75, 3.05) is 53.4 Å². The molecule has 2 aliphatic heterocycles. The zero-order valence-corrected chi connectivity index (χ0v) is 9.61. The van der Waals surface area contributed by atoms with Gasteiger partial charge >= 0.3 is 0 Å². The summed E-state index contributed by atoms with van der Waals surface area (Å²) in [5, 5.41) is 8.20. The summed E-state index contributed by atoms with van der Waals surface area (Å²) < 4.78 is 18.7. The summed E-state index contributed by atoms with van der Waals surface area (Å²) in [4.78, 5) is 0. The van der Waals surface area contributed by atoms with Crippen molar-refractivity contribution in [3.8, 4) is 0 Å². The van der Waals surface area contributed by atoms with Crippen molar-refractivity contribution >= 4 is 0 Å². The lowest BCUT2D eigenvalue weighted by atomic mass is 10.6. The van der Waals surface area contributed by atoms with Crippen LogP contribution in [0, 0.1) is 0 Å². The highest BCUT2D eigenvalue weighted by atomic mass is 16.6. The first-order valence-corrected chi connectivity index (χ1v) is 5.18. The van der Waals surface area contributed by atoms with Gasteiger partial charge < -0.3 is 24.1 Å². The summed E-state index contributed by atoms with van der Waals surface area (Å²) in [6.45, 7) is 6.70. The lowest BCUT2D eigenvalue weighted by Crippen LogP contribution is -2.05. The number of ether oxygens (including phenoxy) is 4. The van der Waals surface area contributed by atoms with E-state index in [4.69, 9.17) is 14.6 Å². The fourth-order valence-electron chi connectivity index (χ4n) is 0.405. The van der Waals surface area contributed by atoms with E-state index in [2.05, 4.69) is 16.4 Å². The van der Waals surface area contributed by atoms with Crippen molar-refractivity contribution in [1.29, 1.82) is 0 Å². The second-order valence-electron chi connectivity index (χ2n) is 3.09. The maximum absolute atomic E-state index is 8.20. The zero-order valence-electron chi connectivity index (χ0n) is 9.61. The van der Waals surface area contributed by atoms with Crippen LogP contribution in [0.25, 0.3) is 0 Å². The first-order chi connectivity index (χ1) is 7.31. The van der Waals surface area contributed by atoms with Gasteiger partial charge in [-0.3, -0.25) is 0 Å². The van der Waals surface area contributed by atoms with Crippen LogP contribution < -0.4 is 0 Å². The monoisotopic (exact) mass is 222 g/mol. The fourth-order valence-corrected chi connectivity index (χ4v) is 0.405. The number of methoxy groups -OCH3 is 1. The number of aliphatic hydroxyl groups is 1. The molecule has 1 unspecified atom stereocenters. The molecule has 0 aliphatic carbocycles. The molecule has 0 spiro atoms. The van der Waals surface area contributed by atoms with E-state index in [-0.39, 0.29) is 6.61 Å². The summed E-state index contributed by atoms with van der Waals surface area (Å²) in [5.41, 5.74) is 0. The molecular weight excluding hydrogens is 200 g/mol. The second-order valence-corrected chi connectivity index (χ2v) is 3.09. The van der Waals surface area contributed by atoms with Crippen LogP contribution in [0.1, 0.15) is 6.92 Å². The molecule has 5 heteroatoms. The van der Waals surface area contributed by atoms with Gasteiger partial charge in [-0.25, -0.2) is 0 Å². The first kappa shape index (κ1) is 14.8. The van der Waals surface area contributed by atoms with Crippen LogP contribution in [0.5, 0.6) is 0 Å². The molecule has 5 nitrogen and oxygen atoms in total. The van der Waals surface area contributed by atoms with Crippen molar-refractivity contribution in [2.45, 2.75) is 13.0 Å². The Kier molecular flexibility index (Phi) is 11.7. The summed E-state index contributed by atoms with van der Waals surface area (Å²) >= 11 is 0. The average molecular weight is 222 g/mol. The Morgan fingerprint density at radius 2 is 1.80 bits per heavy atom. The molecule has 2 heterocycles. The highest BCUT2D eigenvalue weighted by molar-refractivity contribution is 4.58. The summed E-state index contributed by atoms with van der Waals surface area (Å²) in [6, 6.07) is 0. The van der Waals surface area contributed by atoms with Crippen LogP contribution in [0.3, 0.4) is 0 Å². The molecule has 0 saturated carbocycles. The number of aliphatic hydroxyl groups excluding tert-OH is 1. The van der Waals surface area contributed by atoms with Crippen molar-refractivity contribution < 1.29 is 24.1 Å². The van der Waals surface area contributed by atoms with Crippen molar-refractivity contribution in [2.24, 2.45) is 0 Å². The summed E-state index contributed by atoms with van der Waals surface area (Å²) in [6.07, 6.45) is 0.583. The number of rotatable bonds is 5. The summed E-state index contributed by atoms with van der Waals surface area (Å²) in [7, 11) is 1.61. The highest BCUT2D eigenvalue weighted by Gasteiger charge is 2.13. The highest BCUT2D eigenvalue weighted by Crippen LogP contribution is 2.04. The average Bonchev–Trinajstić information content (AvgIpc) is 3.04. The Labute approximate surface area is 91.3 Å². The standard InChI is InChI=1S/C5H12O3.C3H6O.C2H4O/c1-7-4-5-8-3-2-6;1-3-2-4-3;1-2-3-1/h6H,2-5H2,1H3;3H,2H2,1H3;1-2H2. The number of hydrogen-bond donors (Lipinski definition) is 1. The third kappa shape index (κ3) is 24.8. The topological polar surface area (TPSA) is 63.8 Å². The molecule has 2 saturated heterocycles. The van der Waals surface area contributed by atoms with E-state index in [0.717, 1.165) is 19.8 Å². The molecule has 92 valence electrons. The Morgan fingerprint density at radius 1 is 1.27 bits per heavy atom. The van der Waals surface area contributed by atoms with E-state index in [1.54, 1.807) is 7.11 Å². The first-order valence-electron chi connectivity index (χ1n) is 5.18. The van der Waals surface area contributed by atoms with E-state index in [9.17, 15) is 0 Å². The van der Waals surface area contributed by atoms with Gasteiger partial charge in [0.2, 0.25) is 0 Å². The van der Waals surface area contributed by atoms with E-state index >= 15 is 0 Å². The van der Waals surface area contributed by atoms with Gasteiger partial charge in [-0.2, -0.15) is 0 Å². The molecule has 2 fully saturated rings. The minimum Gasteiger partial charge on any atom is -0.394 e. The Balaban J connectivity index is 0.000000226. The van der Waals surface area contributed by atoms with E-state index in [0.29, 0.717) is 25.9 Å². The maximum Gasteiger partial charge on any atom is 0.0781 e. The molecule has 2 rings (SSSR count). The molecule has 15 heavy (non-hydrogen) atoms. The predicted octanol–water partition coefficient (Wildman–Crippen LogP) is 0.0634. The van der Waals surface area contributed by atoms with Crippen LogP contribution in [-0.2, 0) is 18.9 Å². The molecular formula is C10H22O5. The molecule has 0 radical (unpaired) electrons. The molecule has 0 bridgehead atoms. The van der Waals surface area contributed by atoms with Gasteiger partial charge in [0, 0.05) is 7.11 Å². The molecule has 0 aromatic rings. The van der Waals surface area contributed by atoms with Gasteiger partial charge in [0.25, 0.3) is 0 Å². The molecule has 0 aromatic carbocycles. The molecule has 2 aliphatic rings. The molecule has 0 aromatic heterocycles. The van der Waals surface area contributed by atoms with Crippen LogP contribution in [0.4, 0.5) is 0 Å². The van der Waals surface area contributed by atoms with E-state index < -0.39 is 0 Å². The predicted molar refractivity (Wildman–Crippen MR) is 56.0 cm³/mol. The van der Waals surface area contributed by atoms with Crippen molar-refractivity contribution in [3.05, 3.63) is 0 Å². The van der Waals surface area contributed by atoms with Crippen LogP contribution in [0.2, 0.25) is 0 Å². The van der Waals surface area contributed by atoms with Gasteiger partial charge in [0.1, 0.15) is 0 Å². The Bertz CT molecular complexity index is 106. The minimum atomic E-state index is 0.0870. The fraction of sp³-hybridized carbons (Fsp3) is 1.00. The van der Waals surface area contributed by atoms with Gasteiger partial charge in [0.15, 0.2) is 0 Å². The number of epoxide rings is 2. The molecule has 1 N–H and O–H groups in total. The smallest absolute Gasteiger partial charge is 0.0781 e. The molecule has 1 atom stereocenters. The van der Waals surface area contributed by atoms with E-state index in [1.807, 2.05) is 0 Å². The quantitative estimate of drug-likeness (QED) is 0.526. The van der Waals surface area contributed by atoms with E-state index in [1.165, 1.54) is 0 Å².